The van der Waals surface area contributed by atoms with E-state index in [-0.39, 0.29) is 5.91 Å². The molecule has 4 nitrogen and oxygen atoms in total. The smallest absolute Gasteiger partial charge is 0.233 e. The van der Waals surface area contributed by atoms with Gasteiger partial charge in [-0.2, -0.15) is 0 Å². The molecule has 0 aliphatic heterocycles. The second kappa shape index (κ2) is 10.3. The molecule has 4 rings (SSSR count). The Kier molecular flexibility index (Phi) is 7.20. The maximum atomic E-state index is 13.4. The van der Waals surface area contributed by atoms with Gasteiger partial charge in [-0.25, -0.2) is 4.98 Å². The highest BCUT2D eigenvalue weighted by molar-refractivity contribution is 7.22. The number of anilines is 1. The van der Waals surface area contributed by atoms with Crippen molar-refractivity contribution in [3.8, 4) is 11.1 Å². The number of carbonyl (C=O) groups is 1. The summed E-state index contributed by atoms with van der Waals surface area (Å²) < 4.78 is 0.991. The molecule has 0 aliphatic carbocycles. The van der Waals surface area contributed by atoms with Gasteiger partial charge < -0.3 is 4.90 Å². The van der Waals surface area contributed by atoms with Crippen LogP contribution in [0.25, 0.3) is 21.3 Å². The second-order valence-electron chi connectivity index (χ2n) is 8.02. The molecule has 0 radical (unpaired) electrons. The molecule has 32 heavy (non-hydrogen) atoms. The van der Waals surface area contributed by atoms with Crippen molar-refractivity contribution in [1.82, 2.24) is 9.88 Å². The summed E-state index contributed by atoms with van der Waals surface area (Å²) in [5, 5.41) is 1.32. The highest BCUT2D eigenvalue weighted by Crippen LogP contribution is 2.33. The molecule has 0 N–H and O–H groups in total. The van der Waals surface area contributed by atoms with Crippen molar-refractivity contribution in [2.24, 2.45) is 0 Å². The average Bonchev–Trinajstić information content (AvgIpc) is 3.23. The first kappa shape index (κ1) is 22.5. The van der Waals surface area contributed by atoms with E-state index < -0.39 is 0 Å². The molecule has 1 aromatic heterocycles. The van der Waals surface area contributed by atoms with Crippen molar-refractivity contribution in [2.45, 2.75) is 12.8 Å². The van der Waals surface area contributed by atoms with Gasteiger partial charge in [-0.3, -0.25) is 9.69 Å². The van der Waals surface area contributed by atoms with E-state index in [0.29, 0.717) is 23.1 Å². The fourth-order valence-corrected chi connectivity index (χ4v) is 4.92. The molecule has 0 unspecified atom stereocenters. The largest absolute Gasteiger partial charge is 0.309 e. The van der Waals surface area contributed by atoms with E-state index in [2.05, 4.69) is 29.2 Å². The third-order valence-corrected chi connectivity index (χ3v) is 6.64. The van der Waals surface area contributed by atoms with E-state index in [1.165, 1.54) is 16.9 Å². The van der Waals surface area contributed by atoms with Crippen LogP contribution in [0.4, 0.5) is 5.13 Å². The minimum atomic E-state index is 0.0476. The zero-order valence-electron chi connectivity index (χ0n) is 18.3. The summed E-state index contributed by atoms with van der Waals surface area (Å²) >= 11 is 7.84. The Bertz CT molecular complexity index is 1190. The number of hydrogen-bond donors (Lipinski definition) is 0. The number of fused-ring (bicyclic) bond motifs is 1. The summed E-state index contributed by atoms with van der Waals surface area (Å²) in [4.78, 5) is 22.0. The molecule has 1 heterocycles. The van der Waals surface area contributed by atoms with Gasteiger partial charge in [-0.15, -0.1) is 0 Å². The highest BCUT2D eigenvalue weighted by atomic mass is 35.5. The lowest BCUT2D eigenvalue weighted by molar-refractivity contribution is -0.118. The quantitative estimate of drug-likeness (QED) is 0.314. The number of nitrogens with zero attached hydrogens (tertiary/aromatic N) is 3. The molecule has 1 amide bonds. The number of thiazole rings is 1. The lowest BCUT2D eigenvalue weighted by Gasteiger charge is -2.21. The number of benzene rings is 3. The van der Waals surface area contributed by atoms with Crippen molar-refractivity contribution < 1.29 is 4.79 Å². The van der Waals surface area contributed by atoms with Gasteiger partial charge in [0.25, 0.3) is 0 Å². The SMILES string of the molecule is CN(C)CCCN(C(=O)Cc1ccc(-c2ccccc2)cc1)c1nc2c(Cl)cccc2s1. The number of rotatable bonds is 8. The predicted molar refractivity (Wildman–Crippen MR) is 136 cm³/mol. The number of para-hydroxylation sites is 1. The van der Waals surface area contributed by atoms with Gasteiger partial charge in [-0.05, 0) is 55.9 Å². The Balaban J connectivity index is 1.54. The zero-order chi connectivity index (χ0) is 22.5. The van der Waals surface area contributed by atoms with Crippen LogP contribution in [-0.4, -0.2) is 43.0 Å². The monoisotopic (exact) mass is 463 g/mol. The molecule has 3 aromatic carbocycles. The normalized spacial score (nSPS) is 11.2. The van der Waals surface area contributed by atoms with Crippen LogP contribution in [0.1, 0.15) is 12.0 Å². The fourth-order valence-electron chi connectivity index (χ4n) is 3.61. The summed E-state index contributed by atoms with van der Waals surface area (Å²) in [6, 6.07) is 24.2. The van der Waals surface area contributed by atoms with E-state index in [9.17, 15) is 4.79 Å². The Labute approximate surface area is 198 Å². The van der Waals surface area contributed by atoms with E-state index in [1.807, 2.05) is 67.5 Å². The molecule has 164 valence electrons. The van der Waals surface area contributed by atoms with Gasteiger partial charge in [0.05, 0.1) is 16.1 Å². The highest BCUT2D eigenvalue weighted by Gasteiger charge is 2.20. The van der Waals surface area contributed by atoms with Gasteiger partial charge in [0, 0.05) is 6.54 Å². The van der Waals surface area contributed by atoms with Crippen LogP contribution in [0, 0.1) is 0 Å². The molecular formula is C26H26ClN3OS. The van der Waals surface area contributed by atoms with Gasteiger partial charge in [0.15, 0.2) is 5.13 Å². The molecule has 0 bridgehead atoms. The summed E-state index contributed by atoms with van der Waals surface area (Å²) in [5.41, 5.74) is 4.06. The fraction of sp³-hybridized carbons (Fsp3) is 0.231. The number of halogens is 1. The van der Waals surface area contributed by atoms with E-state index >= 15 is 0 Å². The van der Waals surface area contributed by atoms with Gasteiger partial charge in [0.2, 0.25) is 5.91 Å². The Morgan fingerprint density at radius 2 is 1.62 bits per heavy atom. The lowest BCUT2D eigenvalue weighted by atomic mass is 10.0. The number of carbonyl (C=O) groups excluding carboxylic acids is 1. The topological polar surface area (TPSA) is 36.4 Å². The molecule has 6 heteroatoms. The van der Waals surface area contributed by atoms with Crippen molar-refractivity contribution in [2.75, 3.05) is 32.1 Å². The molecule has 4 aromatic rings. The minimum Gasteiger partial charge on any atom is -0.309 e. The zero-order valence-corrected chi connectivity index (χ0v) is 19.9. The van der Waals surface area contributed by atoms with Gasteiger partial charge in [-0.1, -0.05) is 83.6 Å². The number of amides is 1. The average molecular weight is 464 g/mol. The molecule has 0 fully saturated rings. The van der Waals surface area contributed by atoms with Crippen LogP contribution >= 0.6 is 22.9 Å². The Morgan fingerprint density at radius 1 is 0.906 bits per heavy atom. The Hall–Kier alpha value is -2.73. The third-order valence-electron chi connectivity index (χ3n) is 5.29. The van der Waals surface area contributed by atoms with Crippen molar-refractivity contribution in [3.63, 3.8) is 0 Å². The first-order valence-corrected chi connectivity index (χ1v) is 11.9. The molecular weight excluding hydrogens is 438 g/mol. The number of hydrogen-bond acceptors (Lipinski definition) is 4. The minimum absolute atomic E-state index is 0.0476. The van der Waals surface area contributed by atoms with Crippen LogP contribution in [0.2, 0.25) is 5.02 Å². The van der Waals surface area contributed by atoms with Crippen molar-refractivity contribution >= 4 is 44.2 Å². The summed E-state index contributed by atoms with van der Waals surface area (Å²) in [5.74, 6) is 0.0476. The summed E-state index contributed by atoms with van der Waals surface area (Å²) in [7, 11) is 4.08. The van der Waals surface area contributed by atoms with Crippen molar-refractivity contribution in [1.29, 1.82) is 0 Å². The second-order valence-corrected chi connectivity index (χ2v) is 9.44. The van der Waals surface area contributed by atoms with Crippen LogP contribution in [0.5, 0.6) is 0 Å². The summed E-state index contributed by atoms with van der Waals surface area (Å²) in [6.07, 6.45) is 1.20. The molecule has 0 aliphatic rings. The first-order valence-electron chi connectivity index (χ1n) is 10.7. The molecule has 0 atom stereocenters. The van der Waals surface area contributed by atoms with Crippen LogP contribution in [0.3, 0.4) is 0 Å². The van der Waals surface area contributed by atoms with E-state index in [0.717, 1.165) is 34.3 Å². The van der Waals surface area contributed by atoms with Crippen LogP contribution < -0.4 is 4.90 Å². The maximum absolute atomic E-state index is 13.4. The van der Waals surface area contributed by atoms with Crippen LogP contribution in [0.15, 0.2) is 72.8 Å². The van der Waals surface area contributed by atoms with Gasteiger partial charge in [0.1, 0.15) is 5.52 Å². The lowest BCUT2D eigenvalue weighted by Crippen LogP contribution is -2.34. The Morgan fingerprint density at radius 3 is 2.31 bits per heavy atom. The van der Waals surface area contributed by atoms with E-state index in [4.69, 9.17) is 16.6 Å². The third kappa shape index (κ3) is 5.36. The first-order chi connectivity index (χ1) is 15.5. The molecule has 0 spiro atoms. The van der Waals surface area contributed by atoms with Crippen molar-refractivity contribution in [3.05, 3.63) is 83.4 Å². The van der Waals surface area contributed by atoms with E-state index in [1.54, 1.807) is 0 Å². The molecule has 0 saturated heterocycles. The predicted octanol–water partition coefficient (Wildman–Crippen LogP) is 6.14. The van der Waals surface area contributed by atoms with Crippen LogP contribution in [-0.2, 0) is 11.2 Å². The maximum Gasteiger partial charge on any atom is 0.233 e. The molecule has 0 saturated carbocycles. The number of aromatic nitrogens is 1. The standard InChI is InChI=1S/C26H26ClN3OS/c1-29(2)16-7-17-30(26-28-25-22(27)10-6-11-23(25)32-26)24(31)18-19-12-14-21(15-13-19)20-8-4-3-5-9-20/h3-6,8-15H,7,16-18H2,1-2H3. The summed E-state index contributed by atoms with van der Waals surface area (Å²) in [6.45, 7) is 1.53. The van der Waals surface area contributed by atoms with Gasteiger partial charge >= 0.3 is 0 Å².